The summed E-state index contributed by atoms with van der Waals surface area (Å²) >= 11 is 0. The van der Waals surface area contributed by atoms with Crippen molar-refractivity contribution >= 4 is 10.2 Å². The van der Waals surface area contributed by atoms with Crippen molar-refractivity contribution in [2.24, 2.45) is 0 Å². The average Bonchev–Trinajstić information content (AvgIpc) is 2.06. The molecule has 0 saturated carbocycles. The summed E-state index contributed by atoms with van der Waals surface area (Å²) in [6.45, 7) is 1.02. The first-order valence-corrected chi connectivity index (χ1v) is 5.02. The van der Waals surface area contributed by atoms with E-state index < -0.39 is 10.2 Å². The smallest absolute Gasteiger partial charge is 0.301 e. The van der Waals surface area contributed by atoms with E-state index in [1.165, 1.54) is 9.19 Å². The fraction of sp³-hybridized carbons (Fsp3) is 1.00. The average molecular weight is 180 g/mol. The molecule has 2 N–H and O–H groups in total. The molecule has 1 aliphatic heterocycles. The van der Waals surface area contributed by atoms with Gasteiger partial charge in [0.25, 0.3) is 0 Å². The van der Waals surface area contributed by atoms with Crippen LogP contribution in [0, 0.1) is 0 Å². The van der Waals surface area contributed by atoms with Gasteiger partial charge in [-0.05, 0) is 12.8 Å². The van der Waals surface area contributed by atoms with Crippen LogP contribution in [-0.2, 0) is 10.2 Å². The Hall–Kier alpha value is -0.170. The van der Waals surface area contributed by atoms with Crippen LogP contribution in [0.25, 0.3) is 0 Å². The summed E-state index contributed by atoms with van der Waals surface area (Å²) in [6.07, 6.45) is 2.82. The van der Waals surface area contributed by atoms with Crippen LogP contribution >= 0.6 is 0 Å². The van der Waals surface area contributed by atoms with Crippen LogP contribution in [0.3, 0.4) is 0 Å². The molecule has 0 amide bonds. The monoisotopic (exact) mass is 180 g/mol. The molecule has 0 spiro atoms. The van der Waals surface area contributed by atoms with Crippen molar-refractivity contribution < 1.29 is 13.6 Å². The highest BCUT2D eigenvalue weighted by Gasteiger charge is 2.22. The number of nitrogens with one attached hydrogen (secondary N) is 1. The van der Waals surface area contributed by atoms with Crippen LogP contribution in [0.15, 0.2) is 0 Å². The zero-order valence-corrected chi connectivity index (χ0v) is 6.97. The molecule has 0 bridgehead atoms. The molecule has 0 aromatic rings. The van der Waals surface area contributed by atoms with Gasteiger partial charge in [-0.25, -0.2) is 0 Å². The number of hydrogen-bond donors (Lipinski definition) is 2. The standard InChI is InChI=1S/C5H12N2O3S/c8-6-11(9,10)7-4-2-1-3-5-7/h6,8H,1-5H2. The Morgan fingerprint density at radius 1 is 1.18 bits per heavy atom. The molecule has 5 nitrogen and oxygen atoms in total. The van der Waals surface area contributed by atoms with Gasteiger partial charge in [0.05, 0.1) is 0 Å². The van der Waals surface area contributed by atoms with Gasteiger partial charge < -0.3 is 5.21 Å². The molecular formula is C5H12N2O3S. The summed E-state index contributed by atoms with van der Waals surface area (Å²) in [4.78, 5) is 1.31. The van der Waals surface area contributed by atoms with Gasteiger partial charge in [-0.1, -0.05) is 11.3 Å². The maximum Gasteiger partial charge on any atom is 0.301 e. The van der Waals surface area contributed by atoms with Crippen LogP contribution in [0.2, 0.25) is 0 Å². The first-order chi connectivity index (χ1) is 5.17. The molecule has 0 aromatic carbocycles. The minimum atomic E-state index is -3.58. The molecule has 6 heteroatoms. The topological polar surface area (TPSA) is 69.6 Å². The van der Waals surface area contributed by atoms with Gasteiger partial charge in [0.1, 0.15) is 0 Å². The zero-order valence-electron chi connectivity index (χ0n) is 6.15. The molecule has 1 rings (SSSR count). The SMILES string of the molecule is O=S(=O)(NO)N1CCCCC1. The van der Waals surface area contributed by atoms with Crippen molar-refractivity contribution in [1.29, 1.82) is 0 Å². The van der Waals surface area contributed by atoms with Gasteiger partial charge in [-0.3, -0.25) is 0 Å². The lowest BCUT2D eigenvalue weighted by molar-refractivity contribution is 0.221. The van der Waals surface area contributed by atoms with Crippen LogP contribution in [0.1, 0.15) is 19.3 Å². The van der Waals surface area contributed by atoms with Gasteiger partial charge in [0, 0.05) is 13.1 Å². The number of rotatable bonds is 2. The molecule has 1 heterocycles. The van der Waals surface area contributed by atoms with E-state index in [2.05, 4.69) is 0 Å². The van der Waals surface area contributed by atoms with Crippen molar-refractivity contribution in [3.05, 3.63) is 0 Å². The van der Waals surface area contributed by atoms with Gasteiger partial charge in [-0.2, -0.15) is 12.7 Å². The third-order valence-corrected chi connectivity index (χ3v) is 3.05. The van der Waals surface area contributed by atoms with Crippen LogP contribution in [0.4, 0.5) is 0 Å². The maximum atomic E-state index is 10.9. The summed E-state index contributed by atoms with van der Waals surface area (Å²) in [5.41, 5.74) is 0. The lowest BCUT2D eigenvalue weighted by atomic mass is 10.2. The molecule has 0 aromatic heterocycles. The number of nitrogens with zero attached hydrogens (tertiary/aromatic N) is 1. The molecule has 66 valence electrons. The molecular weight excluding hydrogens is 168 g/mol. The van der Waals surface area contributed by atoms with Gasteiger partial charge >= 0.3 is 10.2 Å². The summed E-state index contributed by atoms with van der Waals surface area (Å²) in [7, 11) is -3.58. The van der Waals surface area contributed by atoms with E-state index in [1.807, 2.05) is 0 Å². The van der Waals surface area contributed by atoms with E-state index in [4.69, 9.17) is 5.21 Å². The Bertz CT molecular complexity index is 208. The molecule has 0 unspecified atom stereocenters. The van der Waals surface area contributed by atoms with E-state index in [-0.39, 0.29) is 0 Å². The predicted octanol–water partition coefficient (Wildman–Crippen LogP) is -0.304. The first kappa shape index (κ1) is 8.92. The van der Waals surface area contributed by atoms with Crippen molar-refractivity contribution in [3.8, 4) is 0 Å². The van der Waals surface area contributed by atoms with Gasteiger partial charge in [-0.15, -0.1) is 0 Å². The number of piperidine rings is 1. The minimum absolute atomic E-state index is 0.510. The molecule has 0 aliphatic carbocycles. The van der Waals surface area contributed by atoms with E-state index in [9.17, 15) is 8.42 Å². The lowest BCUT2D eigenvalue weighted by Crippen LogP contribution is -2.42. The minimum Gasteiger partial charge on any atom is -0.301 e. The van der Waals surface area contributed by atoms with Gasteiger partial charge in [0.2, 0.25) is 0 Å². The summed E-state index contributed by atoms with van der Waals surface area (Å²) in [6, 6.07) is 0. The molecule has 0 radical (unpaired) electrons. The summed E-state index contributed by atoms with van der Waals surface area (Å²) < 4.78 is 23.1. The van der Waals surface area contributed by atoms with Crippen molar-refractivity contribution in [3.63, 3.8) is 0 Å². The maximum absolute atomic E-state index is 10.9. The van der Waals surface area contributed by atoms with Crippen molar-refractivity contribution in [1.82, 2.24) is 9.19 Å². The quantitative estimate of drug-likeness (QED) is 0.573. The predicted molar refractivity (Wildman–Crippen MR) is 39.3 cm³/mol. The molecule has 1 saturated heterocycles. The molecule has 0 atom stereocenters. The van der Waals surface area contributed by atoms with E-state index in [1.54, 1.807) is 0 Å². The highest BCUT2D eigenvalue weighted by Crippen LogP contribution is 2.10. The largest absolute Gasteiger partial charge is 0.301 e. The van der Waals surface area contributed by atoms with Crippen LogP contribution < -0.4 is 4.89 Å². The second-order valence-corrected chi connectivity index (χ2v) is 4.21. The molecule has 1 fully saturated rings. The Labute approximate surface area is 66.1 Å². The van der Waals surface area contributed by atoms with E-state index >= 15 is 0 Å². The van der Waals surface area contributed by atoms with Crippen molar-refractivity contribution in [2.45, 2.75) is 19.3 Å². The van der Waals surface area contributed by atoms with E-state index in [0.717, 1.165) is 19.3 Å². The first-order valence-electron chi connectivity index (χ1n) is 3.58. The van der Waals surface area contributed by atoms with Crippen LogP contribution in [-0.4, -0.2) is 31.0 Å². The zero-order chi connectivity index (χ0) is 8.32. The second kappa shape index (κ2) is 3.48. The highest BCUT2D eigenvalue weighted by molar-refractivity contribution is 7.86. The van der Waals surface area contributed by atoms with Crippen molar-refractivity contribution in [2.75, 3.05) is 13.1 Å². The third kappa shape index (κ3) is 2.13. The summed E-state index contributed by atoms with van der Waals surface area (Å²) in [5.74, 6) is 0. The molecule has 11 heavy (non-hydrogen) atoms. The Morgan fingerprint density at radius 2 is 1.73 bits per heavy atom. The molecule has 1 aliphatic rings. The van der Waals surface area contributed by atoms with E-state index in [0.29, 0.717) is 13.1 Å². The normalized spacial score (nSPS) is 21.9. The van der Waals surface area contributed by atoms with Gasteiger partial charge in [0.15, 0.2) is 0 Å². The Balaban J connectivity index is 2.58. The third-order valence-electron chi connectivity index (χ3n) is 1.77. The number of hydrogen-bond acceptors (Lipinski definition) is 3. The Kier molecular flexibility index (Phi) is 2.83. The van der Waals surface area contributed by atoms with Crippen LogP contribution in [0.5, 0.6) is 0 Å². The Morgan fingerprint density at radius 3 is 2.18 bits per heavy atom. The fourth-order valence-corrected chi connectivity index (χ4v) is 2.02. The lowest BCUT2D eigenvalue weighted by Gasteiger charge is -2.24. The fourth-order valence-electron chi connectivity index (χ4n) is 1.16. The highest BCUT2D eigenvalue weighted by atomic mass is 32.2. The summed E-state index contributed by atoms with van der Waals surface area (Å²) in [5, 5.41) is 8.27. The second-order valence-electron chi connectivity index (χ2n) is 2.56.